The first kappa shape index (κ1) is 19.5. The van der Waals surface area contributed by atoms with Gasteiger partial charge in [0, 0.05) is 5.69 Å². The van der Waals surface area contributed by atoms with E-state index in [0.29, 0.717) is 22.7 Å². The van der Waals surface area contributed by atoms with Gasteiger partial charge in [0.1, 0.15) is 11.6 Å². The summed E-state index contributed by atoms with van der Waals surface area (Å²) >= 11 is 0. The molecule has 0 aliphatic carbocycles. The molecule has 0 unspecified atom stereocenters. The standard InChI is InChI=1S/C20H18N2O5/c1-25-18-11-14(8-9-17(18)27-13-19(23)26-2)10-15(12-21)20(24)22-16-6-4-3-5-7-16/h3-11H,13H2,1-2H3,(H,22,24)/b15-10-. The second-order valence-corrected chi connectivity index (χ2v) is 5.27. The number of nitrogens with zero attached hydrogens (tertiary/aromatic N) is 1. The Labute approximate surface area is 156 Å². The zero-order valence-electron chi connectivity index (χ0n) is 14.9. The highest BCUT2D eigenvalue weighted by atomic mass is 16.6. The number of anilines is 1. The Balaban J connectivity index is 2.18. The molecule has 0 saturated heterocycles. The Hall–Kier alpha value is -3.79. The second-order valence-electron chi connectivity index (χ2n) is 5.27. The first-order valence-electron chi connectivity index (χ1n) is 7.93. The summed E-state index contributed by atoms with van der Waals surface area (Å²) in [5.41, 5.74) is 1.09. The minimum Gasteiger partial charge on any atom is -0.493 e. The van der Waals surface area contributed by atoms with Crippen molar-refractivity contribution in [1.82, 2.24) is 0 Å². The highest BCUT2D eigenvalue weighted by molar-refractivity contribution is 6.09. The summed E-state index contributed by atoms with van der Waals surface area (Å²) < 4.78 is 15.1. The lowest BCUT2D eigenvalue weighted by Gasteiger charge is -2.10. The van der Waals surface area contributed by atoms with Crippen LogP contribution in [0.15, 0.2) is 54.1 Å². The van der Waals surface area contributed by atoms with Gasteiger partial charge >= 0.3 is 5.97 Å². The normalized spacial score (nSPS) is 10.5. The fourth-order valence-electron chi connectivity index (χ4n) is 2.12. The molecule has 0 fully saturated rings. The zero-order chi connectivity index (χ0) is 19.6. The van der Waals surface area contributed by atoms with Crippen LogP contribution in [-0.2, 0) is 14.3 Å². The molecular formula is C20H18N2O5. The summed E-state index contributed by atoms with van der Waals surface area (Å²) in [4.78, 5) is 23.5. The molecule has 7 heteroatoms. The van der Waals surface area contributed by atoms with Gasteiger partial charge in [-0.05, 0) is 35.9 Å². The van der Waals surface area contributed by atoms with E-state index in [1.54, 1.807) is 42.5 Å². The minimum absolute atomic E-state index is 0.0656. The van der Waals surface area contributed by atoms with Crippen molar-refractivity contribution in [1.29, 1.82) is 5.26 Å². The Morgan fingerprint density at radius 3 is 2.48 bits per heavy atom. The number of hydrogen-bond acceptors (Lipinski definition) is 6. The van der Waals surface area contributed by atoms with Crippen molar-refractivity contribution < 1.29 is 23.8 Å². The highest BCUT2D eigenvalue weighted by Gasteiger charge is 2.12. The molecule has 0 spiro atoms. The van der Waals surface area contributed by atoms with Crippen molar-refractivity contribution in [3.05, 3.63) is 59.7 Å². The number of hydrogen-bond donors (Lipinski definition) is 1. The Morgan fingerprint density at radius 1 is 1.11 bits per heavy atom. The van der Waals surface area contributed by atoms with E-state index in [4.69, 9.17) is 9.47 Å². The molecule has 0 saturated carbocycles. The lowest BCUT2D eigenvalue weighted by Crippen LogP contribution is -2.13. The maximum atomic E-state index is 12.3. The Bertz CT molecular complexity index is 885. The van der Waals surface area contributed by atoms with Gasteiger partial charge in [-0.25, -0.2) is 4.79 Å². The maximum absolute atomic E-state index is 12.3. The SMILES string of the molecule is COC(=O)COc1ccc(/C=C(/C#N)C(=O)Nc2ccccc2)cc1OC. The molecule has 2 rings (SSSR count). The van der Waals surface area contributed by atoms with Crippen LogP contribution in [0.1, 0.15) is 5.56 Å². The lowest BCUT2D eigenvalue weighted by molar-refractivity contribution is -0.142. The van der Waals surface area contributed by atoms with Gasteiger partial charge in [-0.2, -0.15) is 5.26 Å². The largest absolute Gasteiger partial charge is 0.493 e. The lowest BCUT2D eigenvalue weighted by atomic mass is 10.1. The Morgan fingerprint density at radius 2 is 1.85 bits per heavy atom. The van der Waals surface area contributed by atoms with Gasteiger partial charge in [0.05, 0.1) is 14.2 Å². The predicted octanol–water partition coefficient (Wildman–Crippen LogP) is 2.79. The van der Waals surface area contributed by atoms with Crippen LogP contribution in [-0.4, -0.2) is 32.7 Å². The van der Waals surface area contributed by atoms with E-state index in [2.05, 4.69) is 10.1 Å². The number of rotatable bonds is 7. The molecule has 2 aromatic rings. The number of nitrogens with one attached hydrogen (secondary N) is 1. The number of esters is 1. The summed E-state index contributed by atoms with van der Waals surface area (Å²) in [5, 5.41) is 12.0. The molecule has 0 bridgehead atoms. The summed E-state index contributed by atoms with van der Waals surface area (Å²) in [6.07, 6.45) is 1.44. The number of nitriles is 1. The van der Waals surface area contributed by atoms with Gasteiger partial charge in [-0.15, -0.1) is 0 Å². The first-order valence-corrected chi connectivity index (χ1v) is 7.93. The average molecular weight is 366 g/mol. The van der Waals surface area contributed by atoms with E-state index in [1.165, 1.54) is 20.3 Å². The molecule has 27 heavy (non-hydrogen) atoms. The third kappa shape index (κ3) is 5.61. The predicted molar refractivity (Wildman–Crippen MR) is 99.2 cm³/mol. The van der Waals surface area contributed by atoms with Crippen LogP contribution in [0.2, 0.25) is 0 Å². The van der Waals surface area contributed by atoms with Crippen LogP contribution < -0.4 is 14.8 Å². The summed E-state index contributed by atoms with van der Waals surface area (Å²) in [6.45, 7) is -0.259. The van der Waals surface area contributed by atoms with Crippen LogP contribution in [0, 0.1) is 11.3 Å². The van der Waals surface area contributed by atoms with Crippen molar-refractivity contribution >= 4 is 23.6 Å². The minimum atomic E-state index is -0.523. The van der Waals surface area contributed by atoms with E-state index in [0.717, 1.165) is 0 Å². The number of para-hydroxylation sites is 1. The molecule has 138 valence electrons. The van der Waals surface area contributed by atoms with Gasteiger partial charge in [0.15, 0.2) is 18.1 Å². The van der Waals surface area contributed by atoms with Crippen LogP contribution in [0.5, 0.6) is 11.5 Å². The first-order chi connectivity index (χ1) is 13.1. The van der Waals surface area contributed by atoms with Crippen LogP contribution in [0.3, 0.4) is 0 Å². The van der Waals surface area contributed by atoms with Gasteiger partial charge in [0.25, 0.3) is 5.91 Å². The average Bonchev–Trinajstić information content (AvgIpc) is 2.71. The molecular weight excluding hydrogens is 348 g/mol. The number of amides is 1. The van der Waals surface area contributed by atoms with Crippen LogP contribution in [0.25, 0.3) is 6.08 Å². The molecule has 1 N–H and O–H groups in total. The van der Waals surface area contributed by atoms with Crippen molar-refractivity contribution in [2.75, 3.05) is 26.1 Å². The number of ether oxygens (including phenoxy) is 3. The van der Waals surface area contributed by atoms with Gasteiger partial charge in [-0.3, -0.25) is 4.79 Å². The monoisotopic (exact) mass is 366 g/mol. The third-order valence-electron chi connectivity index (χ3n) is 3.47. The number of carbonyl (C=O) groups excluding carboxylic acids is 2. The van der Waals surface area contributed by atoms with Crippen molar-refractivity contribution in [2.24, 2.45) is 0 Å². The van der Waals surface area contributed by atoms with Crippen LogP contribution >= 0.6 is 0 Å². The smallest absolute Gasteiger partial charge is 0.343 e. The maximum Gasteiger partial charge on any atom is 0.343 e. The fraction of sp³-hybridized carbons (Fsp3) is 0.150. The highest BCUT2D eigenvalue weighted by Crippen LogP contribution is 2.29. The molecule has 0 heterocycles. The molecule has 0 aliphatic heterocycles. The fourth-order valence-corrected chi connectivity index (χ4v) is 2.12. The molecule has 2 aromatic carbocycles. The number of methoxy groups -OCH3 is 2. The van der Waals surface area contributed by atoms with E-state index in [-0.39, 0.29) is 12.2 Å². The zero-order valence-corrected chi connectivity index (χ0v) is 14.9. The molecule has 1 amide bonds. The van der Waals surface area contributed by atoms with E-state index >= 15 is 0 Å². The Kier molecular flexibility index (Phi) is 6.97. The van der Waals surface area contributed by atoms with Crippen LogP contribution in [0.4, 0.5) is 5.69 Å². The van der Waals surface area contributed by atoms with Gasteiger partial charge in [0.2, 0.25) is 0 Å². The third-order valence-corrected chi connectivity index (χ3v) is 3.47. The summed E-state index contributed by atoms with van der Waals surface area (Å²) in [7, 11) is 2.71. The molecule has 0 aromatic heterocycles. The van der Waals surface area contributed by atoms with E-state index in [9.17, 15) is 14.9 Å². The topological polar surface area (TPSA) is 97.7 Å². The summed E-state index contributed by atoms with van der Waals surface area (Å²) in [6, 6.07) is 15.5. The molecule has 0 radical (unpaired) electrons. The molecule has 0 atom stereocenters. The quantitative estimate of drug-likeness (QED) is 0.460. The van der Waals surface area contributed by atoms with Crippen molar-refractivity contribution in [3.63, 3.8) is 0 Å². The number of carbonyl (C=O) groups is 2. The van der Waals surface area contributed by atoms with Gasteiger partial charge < -0.3 is 19.5 Å². The van der Waals surface area contributed by atoms with Crippen molar-refractivity contribution in [2.45, 2.75) is 0 Å². The van der Waals surface area contributed by atoms with Gasteiger partial charge in [-0.1, -0.05) is 24.3 Å². The number of benzene rings is 2. The molecule has 7 nitrogen and oxygen atoms in total. The van der Waals surface area contributed by atoms with Crippen molar-refractivity contribution in [3.8, 4) is 17.6 Å². The summed E-state index contributed by atoms with van der Waals surface area (Å²) in [5.74, 6) is -0.347. The molecule has 0 aliphatic rings. The van der Waals surface area contributed by atoms with E-state index in [1.807, 2.05) is 12.1 Å². The van der Waals surface area contributed by atoms with E-state index < -0.39 is 11.9 Å². The second kappa shape index (κ2) is 9.63.